The Morgan fingerprint density at radius 3 is 2.89 bits per heavy atom. The Balaban J connectivity index is 1.68. The van der Waals surface area contributed by atoms with Gasteiger partial charge in [-0.25, -0.2) is 9.18 Å². The van der Waals surface area contributed by atoms with Gasteiger partial charge in [-0.05, 0) is 37.3 Å². The number of benzene rings is 2. The molecule has 2 aromatic carbocycles. The second-order valence-electron chi connectivity index (χ2n) is 5.72. The summed E-state index contributed by atoms with van der Waals surface area (Å²) in [7, 11) is 0. The predicted octanol–water partition coefficient (Wildman–Crippen LogP) is 5.25. The van der Waals surface area contributed by atoms with Gasteiger partial charge in [0.2, 0.25) is 5.13 Å². The van der Waals surface area contributed by atoms with Crippen molar-refractivity contribution in [3.63, 3.8) is 0 Å². The van der Waals surface area contributed by atoms with Crippen LogP contribution < -0.4 is 15.7 Å². The number of hydrogen-bond acceptors (Lipinski definition) is 7. The van der Waals surface area contributed by atoms with Crippen LogP contribution in [0.15, 0.2) is 51.7 Å². The zero-order valence-electron chi connectivity index (χ0n) is 14.5. The number of fused-ring (bicyclic) bond motifs is 1. The van der Waals surface area contributed by atoms with Crippen molar-refractivity contribution in [2.24, 2.45) is 0 Å². The fourth-order valence-corrected chi connectivity index (χ4v) is 3.56. The van der Waals surface area contributed by atoms with Gasteiger partial charge in [-0.3, -0.25) is 0 Å². The van der Waals surface area contributed by atoms with Gasteiger partial charge in [0.05, 0.1) is 17.2 Å². The third-order valence-corrected chi connectivity index (χ3v) is 5.01. The van der Waals surface area contributed by atoms with Crippen LogP contribution in [-0.4, -0.2) is 16.8 Å². The van der Waals surface area contributed by atoms with Crippen molar-refractivity contribution in [2.75, 3.05) is 11.9 Å². The summed E-state index contributed by atoms with van der Waals surface area (Å²) < 4.78 is 24.2. The van der Waals surface area contributed by atoms with E-state index in [0.717, 1.165) is 5.39 Å². The minimum absolute atomic E-state index is 0.00462. The van der Waals surface area contributed by atoms with E-state index in [4.69, 9.17) is 20.8 Å². The lowest BCUT2D eigenvalue weighted by Crippen LogP contribution is -2.03. The molecule has 1 N–H and O–H groups in total. The Hall–Kier alpha value is -2.97. The molecule has 0 spiro atoms. The molecule has 0 fully saturated rings. The van der Waals surface area contributed by atoms with E-state index >= 15 is 0 Å². The Kier molecular flexibility index (Phi) is 4.97. The molecular formula is C19H13ClFN3O3S. The first-order chi connectivity index (χ1) is 13.5. The van der Waals surface area contributed by atoms with Gasteiger partial charge in [0.1, 0.15) is 5.82 Å². The van der Waals surface area contributed by atoms with E-state index in [9.17, 15) is 9.18 Å². The maximum Gasteiger partial charge on any atom is 0.346 e. The predicted molar refractivity (Wildman–Crippen MR) is 107 cm³/mol. The van der Waals surface area contributed by atoms with Crippen LogP contribution in [0, 0.1) is 5.82 Å². The van der Waals surface area contributed by atoms with Crippen molar-refractivity contribution in [1.29, 1.82) is 0 Å². The highest BCUT2D eigenvalue weighted by atomic mass is 35.5. The molecule has 0 amide bonds. The summed E-state index contributed by atoms with van der Waals surface area (Å²) in [5, 5.41) is 12.6. The third kappa shape index (κ3) is 3.56. The van der Waals surface area contributed by atoms with Crippen LogP contribution in [-0.2, 0) is 0 Å². The molecule has 0 saturated heterocycles. The highest BCUT2D eigenvalue weighted by molar-refractivity contribution is 7.18. The maximum absolute atomic E-state index is 13.3. The van der Waals surface area contributed by atoms with Crippen LogP contribution in [0.4, 0.5) is 15.2 Å². The SMILES string of the molecule is CCOc1cccc2cc(-c3nnc(Nc4ccc(F)c(Cl)c4)s3)c(=O)oc12. The lowest BCUT2D eigenvalue weighted by atomic mass is 10.2. The first-order valence-corrected chi connectivity index (χ1v) is 9.50. The van der Waals surface area contributed by atoms with Crippen LogP contribution in [0.25, 0.3) is 21.5 Å². The van der Waals surface area contributed by atoms with Crippen molar-refractivity contribution >= 4 is 44.7 Å². The van der Waals surface area contributed by atoms with Gasteiger partial charge < -0.3 is 14.5 Å². The molecule has 4 rings (SSSR count). The summed E-state index contributed by atoms with van der Waals surface area (Å²) in [4.78, 5) is 12.5. The smallest absolute Gasteiger partial charge is 0.346 e. The highest BCUT2D eigenvalue weighted by Crippen LogP contribution is 2.31. The van der Waals surface area contributed by atoms with Gasteiger partial charge in [0.25, 0.3) is 0 Å². The largest absolute Gasteiger partial charge is 0.490 e. The monoisotopic (exact) mass is 417 g/mol. The van der Waals surface area contributed by atoms with Crippen molar-refractivity contribution in [3.8, 4) is 16.3 Å². The van der Waals surface area contributed by atoms with Crippen molar-refractivity contribution in [2.45, 2.75) is 6.92 Å². The van der Waals surface area contributed by atoms with Gasteiger partial charge in [-0.1, -0.05) is 35.1 Å². The average molecular weight is 418 g/mol. The number of para-hydroxylation sites is 1. The number of halogens is 2. The van der Waals surface area contributed by atoms with E-state index in [2.05, 4.69) is 15.5 Å². The average Bonchev–Trinajstić information content (AvgIpc) is 3.13. The van der Waals surface area contributed by atoms with Gasteiger partial charge in [0, 0.05) is 11.1 Å². The summed E-state index contributed by atoms with van der Waals surface area (Å²) >= 11 is 6.95. The number of rotatable bonds is 5. The van der Waals surface area contributed by atoms with E-state index in [1.165, 1.54) is 29.5 Å². The number of anilines is 2. The molecular weight excluding hydrogens is 405 g/mol. The van der Waals surface area contributed by atoms with E-state index in [1.54, 1.807) is 12.1 Å². The summed E-state index contributed by atoms with van der Waals surface area (Å²) in [5.41, 5.74) is 0.707. The van der Waals surface area contributed by atoms with Crippen molar-refractivity contribution in [3.05, 3.63) is 63.7 Å². The minimum Gasteiger partial charge on any atom is -0.490 e. The van der Waals surface area contributed by atoms with Crippen LogP contribution in [0.1, 0.15) is 6.92 Å². The number of nitrogens with zero attached hydrogens (tertiary/aromatic N) is 2. The minimum atomic E-state index is -0.535. The Morgan fingerprint density at radius 2 is 2.11 bits per heavy atom. The van der Waals surface area contributed by atoms with Gasteiger partial charge in [-0.2, -0.15) is 0 Å². The second-order valence-corrected chi connectivity index (χ2v) is 7.11. The quantitative estimate of drug-likeness (QED) is 0.447. The van der Waals surface area contributed by atoms with E-state index in [0.29, 0.717) is 39.3 Å². The molecule has 28 heavy (non-hydrogen) atoms. The molecule has 0 aliphatic rings. The number of hydrogen-bond donors (Lipinski definition) is 1. The zero-order valence-corrected chi connectivity index (χ0v) is 16.1. The standard InChI is InChI=1S/C19H13ClFN3O3S/c1-2-26-15-5-3-4-10-8-12(18(25)27-16(10)15)17-23-24-19(28-17)22-11-6-7-14(21)13(20)9-11/h3-9H,2H2,1H3,(H,22,24). The normalized spacial score (nSPS) is 11.0. The molecule has 142 valence electrons. The molecule has 4 aromatic rings. The van der Waals surface area contributed by atoms with Gasteiger partial charge >= 0.3 is 5.63 Å². The van der Waals surface area contributed by atoms with Crippen molar-refractivity contribution in [1.82, 2.24) is 10.2 Å². The molecule has 9 heteroatoms. The van der Waals surface area contributed by atoms with E-state index in [1.807, 2.05) is 19.1 Å². The fraction of sp³-hybridized carbons (Fsp3) is 0.105. The van der Waals surface area contributed by atoms with Crippen LogP contribution in [0.5, 0.6) is 5.75 Å². The third-order valence-electron chi connectivity index (χ3n) is 3.85. The molecule has 2 heterocycles. The lowest BCUT2D eigenvalue weighted by molar-refractivity contribution is 0.337. The maximum atomic E-state index is 13.3. The Labute approximate surface area is 167 Å². The molecule has 2 aromatic heterocycles. The summed E-state index contributed by atoms with van der Waals surface area (Å²) in [6.45, 7) is 2.32. The molecule has 0 radical (unpaired) electrons. The molecule has 0 aliphatic carbocycles. The molecule has 0 aliphatic heterocycles. The molecule has 0 atom stereocenters. The van der Waals surface area contributed by atoms with Crippen LogP contribution in [0.2, 0.25) is 5.02 Å². The molecule has 0 unspecified atom stereocenters. The first kappa shape index (κ1) is 18.4. The second kappa shape index (κ2) is 7.57. The first-order valence-electron chi connectivity index (χ1n) is 8.31. The number of nitrogens with one attached hydrogen (secondary N) is 1. The molecule has 6 nitrogen and oxygen atoms in total. The fourth-order valence-electron chi connectivity index (χ4n) is 2.62. The number of ether oxygens (including phenoxy) is 1. The summed E-state index contributed by atoms with van der Waals surface area (Å²) in [5.74, 6) is 0.00169. The van der Waals surface area contributed by atoms with E-state index < -0.39 is 11.4 Å². The summed E-state index contributed by atoms with van der Waals surface area (Å²) in [6.07, 6.45) is 0. The van der Waals surface area contributed by atoms with Crippen molar-refractivity contribution < 1.29 is 13.5 Å². The van der Waals surface area contributed by atoms with E-state index in [-0.39, 0.29) is 5.02 Å². The van der Waals surface area contributed by atoms with Crippen LogP contribution in [0.3, 0.4) is 0 Å². The van der Waals surface area contributed by atoms with Gasteiger partial charge in [0.15, 0.2) is 16.3 Å². The van der Waals surface area contributed by atoms with Crippen LogP contribution >= 0.6 is 22.9 Å². The van der Waals surface area contributed by atoms with Gasteiger partial charge in [-0.15, -0.1) is 10.2 Å². The molecule has 0 bridgehead atoms. The number of aromatic nitrogens is 2. The summed E-state index contributed by atoms with van der Waals surface area (Å²) in [6, 6.07) is 11.3. The molecule has 0 saturated carbocycles. The lowest BCUT2D eigenvalue weighted by Gasteiger charge is -2.06. The highest BCUT2D eigenvalue weighted by Gasteiger charge is 2.15. The topological polar surface area (TPSA) is 77.3 Å². The Bertz CT molecular complexity index is 1220. The Morgan fingerprint density at radius 1 is 1.25 bits per heavy atom. The zero-order chi connectivity index (χ0) is 19.7.